The molecule has 1 aliphatic heterocycles. The van der Waals surface area contributed by atoms with Crippen LogP contribution in [0.4, 0.5) is 0 Å². The zero-order valence-electron chi connectivity index (χ0n) is 14.4. The van der Waals surface area contributed by atoms with Crippen LogP contribution in [-0.4, -0.2) is 44.4 Å². The van der Waals surface area contributed by atoms with Crippen molar-refractivity contribution in [2.45, 2.75) is 12.5 Å². The smallest absolute Gasteiger partial charge is 0.259 e. The van der Waals surface area contributed by atoms with E-state index in [1.165, 1.54) is 19.8 Å². The number of benzene rings is 1. The second kappa shape index (κ2) is 7.98. The van der Waals surface area contributed by atoms with Crippen LogP contribution in [0.15, 0.2) is 42.7 Å². The lowest BCUT2D eigenvalue weighted by Crippen LogP contribution is -2.40. The Morgan fingerprint density at radius 2 is 1.84 bits per heavy atom. The summed E-state index contributed by atoms with van der Waals surface area (Å²) in [6, 6.07) is 9.20. The van der Waals surface area contributed by atoms with Crippen LogP contribution in [0, 0.1) is 5.92 Å². The first kappa shape index (κ1) is 17.2. The third-order valence-electron chi connectivity index (χ3n) is 4.42. The van der Waals surface area contributed by atoms with Crippen LogP contribution in [0.1, 0.15) is 15.9 Å². The maximum Gasteiger partial charge on any atom is 0.259 e. The molecule has 2 aromatic rings. The second-order valence-corrected chi connectivity index (χ2v) is 5.97. The first-order valence-corrected chi connectivity index (χ1v) is 8.21. The van der Waals surface area contributed by atoms with Gasteiger partial charge in [-0.15, -0.1) is 0 Å². The van der Waals surface area contributed by atoms with Gasteiger partial charge >= 0.3 is 0 Å². The molecule has 132 valence electrons. The van der Waals surface area contributed by atoms with Crippen LogP contribution in [0.2, 0.25) is 0 Å². The monoisotopic (exact) mass is 342 g/mol. The van der Waals surface area contributed by atoms with Crippen molar-refractivity contribution in [3.05, 3.63) is 53.9 Å². The number of carbonyl (C=O) groups is 1. The first-order chi connectivity index (χ1) is 12.2. The number of hydrogen-bond acceptors (Lipinski definition) is 5. The summed E-state index contributed by atoms with van der Waals surface area (Å²) in [7, 11) is 3.08. The number of methoxy groups -OCH3 is 2. The van der Waals surface area contributed by atoms with E-state index in [9.17, 15) is 4.79 Å². The van der Waals surface area contributed by atoms with E-state index in [-0.39, 0.29) is 17.9 Å². The van der Waals surface area contributed by atoms with Gasteiger partial charge in [0, 0.05) is 18.3 Å². The van der Waals surface area contributed by atoms with Crippen molar-refractivity contribution in [2.24, 2.45) is 5.92 Å². The molecule has 1 amide bonds. The SMILES string of the molecule is COc1cccc(OC)c1C(=O)N[C@H]1COC[C@H]1Cc1ccncc1. The Kier molecular flexibility index (Phi) is 5.50. The van der Waals surface area contributed by atoms with Crippen molar-refractivity contribution in [3.63, 3.8) is 0 Å². The van der Waals surface area contributed by atoms with E-state index < -0.39 is 0 Å². The molecule has 1 aliphatic rings. The molecule has 1 aromatic heterocycles. The Balaban J connectivity index is 1.74. The number of ether oxygens (including phenoxy) is 3. The van der Waals surface area contributed by atoms with Crippen molar-refractivity contribution in [1.29, 1.82) is 0 Å². The summed E-state index contributed by atoms with van der Waals surface area (Å²) in [4.78, 5) is 16.9. The van der Waals surface area contributed by atoms with E-state index >= 15 is 0 Å². The first-order valence-electron chi connectivity index (χ1n) is 8.21. The number of pyridine rings is 1. The molecule has 1 fully saturated rings. The highest BCUT2D eigenvalue weighted by atomic mass is 16.5. The molecule has 1 saturated heterocycles. The molecular formula is C19H22N2O4. The van der Waals surface area contributed by atoms with E-state index in [4.69, 9.17) is 14.2 Å². The molecule has 0 aliphatic carbocycles. The summed E-state index contributed by atoms with van der Waals surface area (Å²) in [6.07, 6.45) is 4.38. The maximum atomic E-state index is 12.8. The maximum absolute atomic E-state index is 12.8. The molecule has 1 N–H and O–H groups in total. The van der Waals surface area contributed by atoms with Gasteiger partial charge in [-0.2, -0.15) is 0 Å². The number of aromatic nitrogens is 1. The van der Waals surface area contributed by atoms with Crippen molar-refractivity contribution < 1.29 is 19.0 Å². The zero-order chi connectivity index (χ0) is 17.6. The lowest BCUT2D eigenvalue weighted by Gasteiger charge is -2.20. The predicted molar refractivity (Wildman–Crippen MR) is 93.1 cm³/mol. The Hall–Kier alpha value is -2.60. The third-order valence-corrected chi connectivity index (χ3v) is 4.42. The quantitative estimate of drug-likeness (QED) is 0.870. The fraction of sp³-hybridized carbons (Fsp3) is 0.368. The molecule has 3 rings (SSSR count). The van der Waals surface area contributed by atoms with Gasteiger partial charge in [-0.3, -0.25) is 9.78 Å². The highest BCUT2D eigenvalue weighted by Gasteiger charge is 2.31. The topological polar surface area (TPSA) is 69.7 Å². The minimum atomic E-state index is -0.218. The van der Waals surface area contributed by atoms with Gasteiger partial charge in [-0.25, -0.2) is 0 Å². The number of hydrogen-bond donors (Lipinski definition) is 1. The predicted octanol–water partition coefficient (Wildman–Crippen LogP) is 2.09. The summed E-state index contributed by atoms with van der Waals surface area (Å²) in [5, 5.41) is 3.08. The largest absolute Gasteiger partial charge is 0.496 e. The molecule has 25 heavy (non-hydrogen) atoms. The van der Waals surface area contributed by atoms with Crippen molar-refractivity contribution in [2.75, 3.05) is 27.4 Å². The number of carbonyl (C=O) groups excluding carboxylic acids is 1. The molecule has 6 heteroatoms. The summed E-state index contributed by atoms with van der Waals surface area (Å²) in [5.74, 6) is 0.972. The van der Waals surface area contributed by atoms with Gasteiger partial charge in [0.1, 0.15) is 17.1 Å². The highest BCUT2D eigenvalue weighted by Crippen LogP contribution is 2.29. The average Bonchev–Trinajstić information content (AvgIpc) is 3.08. The van der Waals surface area contributed by atoms with Crippen LogP contribution >= 0.6 is 0 Å². The van der Waals surface area contributed by atoms with Crippen LogP contribution in [0.25, 0.3) is 0 Å². The highest BCUT2D eigenvalue weighted by molar-refractivity contribution is 5.99. The normalized spacial score (nSPS) is 19.4. The van der Waals surface area contributed by atoms with Gasteiger partial charge in [0.05, 0.1) is 33.5 Å². The molecule has 2 heterocycles. The van der Waals surface area contributed by atoms with Gasteiger partial charge < -0.3 is 19.5 Å². The average molecular weight is 342 g/mol. The lowest BCUT2D eigenvalue weighted by atomic mass is 9.95. The zero-order valence-corrected chi connectivity index (χ0v) is 14.4. The van der Waals surface area contributed by atoms with Gasteiger partial charge in [0.15, 0.2) is 0 Å². The van der Waals surface area contributed by atoms with Crippen LogP contribution in [0.5, 0.6) is 11.5 Å². The van der Waals surface area contributed by atoms with Crippen molar-refractivity contribution in [3.8, 4) is 11.5 Å². The molecule has 0 unspecified atom stereocenters. The molecule has 0 bridgehead atoms. The molecule has 0 spiro atoms. The Labute approximate surface area is 147 Å². The van der Waals surface area contributed by atoms with Crippen LogP contribution < -0.4 is 14.8 Å². The van der Waals surface area contributed by atoms with Crippen LogP contribution in [0.3, 0.4) is 0 Å². The standard InChI is InChI=1S/C19H22N2O4/c1-23-16-4-3-5-17(24-2)18(16)19(22)21-15-12-25-11-14(15)10-13-6-8-20-9-7-13/h3-9,14-15H,10-12H2,1-2H3,(H,21,22)/t14-,15+/m1/s1. The molecule has 0 radical (unpaired) electrons. The number of nitrogens with one attached hydrogen (secondary N) is 1. The third kappa shape index (κ3) is 3.91. The molecule has 2 atom stereocenters. The minimum absolute atomic E-state index is 0.0599. The fourth-order valence-corrected chi connectivity index (χ4v) is 3.10. The molecular weight excluding hydrogens is 320 g/mol. The number of amides is 1. The van der Waals surface area contributed by atoms with E-state index in [1.807, 2.05) is 12.1 Å². The summed E-state index contributed by atoms with van der Waals surface area (Å²) in [6.45, 7) is 1.12. The Bertz CT molecular complexity index is 698. The number of nitrogens with zero attached hydrogens (tertiary/aromatic N) is 1. The summed E-state index contributed by atoms with van der Waals surface area (Å²) < 4.78 is 16.2. The summed E-state index contributed by atoms with van der Waals surface area (Å²) in [5.41, 5.74) is 1.58. The van der Waals surface area contributed by atoms with E-state index in [0.717, 1.165) is 6.42 Å². The lowest BCUT2D eigenvalue weighted by molar-refractivity contribution is 0.0918. The van der Waals surface area contributed by atoms with Crippen molar-refractivity contribution >= 4 is 5.91 Å². The van der Waals surface area contributed by atoms with Gasteiger partial charge in [0.25, 0.3) is 5.91 Å². The van der Waals surface area contributed by atoms with Gasteiger partial charge in [0.2, 0.25) is 0 Å². The van der Waals surface area contributed by atoms with E-state index in [0.29, 0.717) is 30.3 Å². The van der Waals surface area contributed by atoms with Gasteiger partial charge in [-0.05, 0) is 36.2 Å². The second-order valence-electron chi connectivity index (χ2n) is 5.97. The number of rotatable bonds is 6. The van der Waals surface area contributed by atoms with Crippen molar-refractivity contribution in [1.82, 2.24) is 10.3 Å². The fourth-order valence-electron chi connectivity index (χ4n) is 3.10. The molecule has 6 nitrogen and oxygen atoms in total. The molecule has 0 saturated carbocycles. The van der Waals surface area contributed by atoms with Gasteiger partial charge in [-0.1, -0.05) is 6.07 Å². The molecule has 1 aromatic carbocycles. The minimum Gasteiger partial charge on any atom is -0.496 e. The van der Waals surface area contributed by atoms with E-state index in [1.54, 1.807) is 30.6 Å². The Morgan fingerprint density at radius 3 is 2.48 bits per heavy atom. The Morgan fingerprint density at radius 1 is 1.16 bits per heavy atom. The van der Waals surface area contributed by atoms with E-state index in [2.05, 4.69) is 10.3 Å². The summed E-state index contributed by atoms with van der Waals surface area (Å²) >= 11 is 0. The van der Waals surface area contributed by atoms with Crippen LogP contribution in [-0.2, 0) is 11.2 Å².